The lowest BCUT2D eigenvalue weighted by Crippen LogP contribution is -2.41. The lowest BCUT2D eigenvalue weighted by atomic mass is 10.0. The number of fused-ring (bicyclic) bond motifs is 1. The van der Waals surface area contributed by atoms with E-state index in [1.165, 1.54) is 0 Å². The number of hydrogen-bond donors (Lipinski definition) is 1. The van der Waals surface area contributed by atoms with Crippen LogP contribution in [0, 0.1) is 0 Å². The van der Waals surface area contributed by atoms with Gasteiger partial charge in [0, 0.05) is 37.0 Å². The number of imidazole rings is 1. The summed E-state index contributed by atoms with van der Waals surface area (Å²) in [7, 11) is 0. The molecule has 7 heteroatoms. The zero-order valence-corrected chi connectivity index (χ0v) is 14.5. The molecule has 7 nitrogen and oxygen atoms in total. The molecule has 4 rings (SSSR count). The second kappa shape index (κ2) is 6.31. The topological polar surface area (TPSA) is 79.7 Å². The molecule has 1 aliphatic heterocycles. The molecule has 1 aromatic carbocycles. The van der Waals surface area contributed by atoms with Crippen molar-refractivity contribution in [3.8, 4) is 0 Å². The molecule has 3 heterocycles. The summed E-state index contributed by atoms with van der Waals surface area (Å²) in [4.78, 5) is 19.4. The first-order chi connectivity index (χ1) is 12.1. The van der Waals surface area contributed by atoms with Gasteiger partial charge in [-0.2, -0.15) is 15.4 Å². The van der Waals surface area contributed by atoms with Crippen LogP contribution in [0.25, 0.3) is 11.0 Å². The van der Waals surface area contributed by atoms with Gasteiger partial charge in [-0.3, -0.25) is 4.79 Å². The summed E-state index contributed by atoms with van der Waals surface area (Å²) in [6.07, 6.45) is 5.96. The van der Waals surface area contributed by atoms with Crippen LogP contribution in [0.4, 0.5) is 0 Å². The predicted octanol–water partition coefficient (Wildman–Crippen LogP) is 2.76. The summed E-state index contributed by atoms with van der Waals surface area (Å²) in [5.74, 6) is 1.51. The van der Waals surface area contributed by atoms with Crippen molar-refractivity contribution in [2.75, 3.05) is 13.1 Å². The Morgan fingerprint density at radius 2 is 2.12 bits per heavy atom. The van der Waals surface area contributed by atoms with Gasteiger partial charge in [0.15, 0.2) is 0 Å². The maximum absolute atomic E-state index is 12.9. The van der Waals surface area contributed by atoms with Crippen LogP contribution in [-0.2, 0) is 0 Å². The number of amides is 1. The molecule has 130 valence electrons. The van der Waals surface area contributed by atoms with Crippen molar-refractivity contribution in [2.45, 2.75) is 38.6 Å². The van der Waals surface area contributed by atoms with Crippen molar-refractivity contribution in [2.24, 2.45) is 0 Å². The minimum atomic E-state index is 0.0563. The van der Waals surface area contributed by atoms with Crippen molar-refractivity contribution in [1.29, 1.82) is 0 Å². The highest BCUT2D eigenvalue weighted by Crippen LogP contribution is 2.26. The highest BCUT2D eigenvalue weighted by Gasteiger charge is 2.27. The number of rotatable bonds is 3. The molecular weight excluding hydrogens is 316 g/mol. The third-order valence-electron chi connectivity index (χ3n) is 4.86. The zero-order chi connectivity index (χ0) is 17.4. The maximum Gasteiger partial charge on any atom is 0.254 e. The van der Waals surface area contributed by atoms with Gasteiger partial charge in [0.05, 0.1) is 6.04 Å². The van der Waals surface area contributed by atoms with E-state index in [0.717, 1.165) is 36.2 Å². The summed E-state index contributed by atoms with van der Waals surface area (Å²) < 4.78 is 2.24. The van der Waals surface area contributed by atoms with Crippen molar-refractivity contribution in [3.63, 3.8) is 0 Å². The first kappa shape index (κ1) is 15.8. The SMILES string of the molecule is CC(C)c1nccn1[C@@H]1CCCN(C(=O)c2ccc3n[nH]nc3c2)C1. The van der Waals surface area contributed by atoms with Crippen molar-refractivity contribution < 1.29 is 4.79 Å². The predicted molar refractivity (Wildman–Crippen MR) is 94.4 cm³/mol. The van der Waals surface area contributed by atoms with Gasteiger partial charge >= 0.3 is 0 Å². The summed E-state index contributed by atoms with van der Waals surface area (Å²) in [5.41, 5.74) is 2.15. The summed E-state index contributed by atoms with van der Waals surface area (Å²) >= 11 is 0. The molecule has 0 unspecified atom stereocenters. The lowest BCUT2D eigenvalue weighted by molar-refractivity contribution is 0.0677. The first-order valence-electron chi connectivity index (χ1n) is 8.76. The van der Waals surface area contributed by atoms with E-state index in [2.05, 4.69) is 38.8 Å². The summed E-state index contributed by atoms with van der Waals surface area (Å²) in [6.45, 7) is 5.80. The van der Waals surface area contributed by atoms with Crippen LogP contribution in [0.2, 0.25) is 0 Å². The average molecular weight is 338 g/mol. The molecule has 0 bridgehead atoms. The van der Waals surface area contributed by atoms with Gasteiger partial charge in [-0.1, -0.05) is 13.8 Å². The molecule has 0 radical (unpaired) electrons. The van der Waals surface area contributed by atoms with Gasteiger partial charge in [0.2, 0.25) is 0 Å². The Labute approximate surface area is 146 Å². The van der Waals surface area contributed by atoms with E-state index < -0.39 is 0 Å². The molecule has 1 fully saturated rings. The van der Waals surface area contributed by atoms with Crippen LogP contribution >= 0.6 is 0 Å². The van der Waals surface area contributed by atoms with Crippen LogP contribution in [0.3, 0.4) is 0 Å². The fourth-order valence-electron chi connectivity index (χ4n) is 3.60. The number of aromatic nitrogens is 5. The third kappa shape index (κ3) is 2.90. The molecule has 3 aromatic rings. The van der Waals surface area contributed by atoms with E-state index >= 15 is 0 Å². The Hall–Kier alpha value is -2.70. The number of benzene rings is 1. The Kier molecular flexibility index (Phi) is 3.99. The normalized spacial score (nSPS) is 18.2. The molecule has 0 saturated carbocycles. The number of nitrogens with one attached hydrogen (secondary N) is 1. The van der Waals surface area contributed by atoms with Gasteiger partial charge in [-0.25, -0.2) is 4.98 Å². The van der Waals surface area contributed by atoms with Gasteiger partial charge < -0.3 is 9.47 Å². The van der Waals surface area contributed by atoms with E-state index in [4.69, 9.17) is 0 Å². The number of H-pyrrole nitrogens is 1. The fraction of sp³-hybridized carbons (Fsp3) is 0.444. The molecule has 25 heavy (non-hydrogen) atoms. The first-order valence-corrected chi connectivity index (χ1v) is 8.76. The Morgan fingerprint density at radius 1 is 1.28 bits per heavy atom. The van der Waals surface area contributed by atoms with Gasteiger partial charge in [-0.15, -0.1) is 0 Å². The monoisotopic (exact) mass is 338 g/mol. The molecule has 1 amide bonds. The highest BCUT2D eigenvalue weighted by atomic mass is 16.2. The molecule has 0 spiro atoms. The number of nitrogens with zero attached hydrogens (tertiary/aromatic N) is 5. The summed E-state index contributed by atoms with van der Waals surface area (Å²) in [5, 5.41) is 10.7. The molecule has 1 N–H and O–H groups in total. The summed E-state index contributed by atoms with van der Waals surface area (Å²) in [6, 6.07) is 5.75. The average Bonchev–Trinajstić information content (AvgIpc) is 3.29. The molecular formula is C18H22N6O. The Morgan fingerprint density at radius 3 is 2.96 bits per heavy atom. The maximum atomic E-state index is 12.9. The Balaban J connectivity index is 1.56. The number of piperidine rings is 1. The van der Waals surface area contributed by atoms with Crippen LogP contribution < -0.4 is 0 Å². The third-order valence-corrected chi connectivity index (χ3v) is 4.86. The minimum Gasteiger partial charge on any atom is -0.337 e. The number of carbonyl (C=O) groups is 1. The van der Waals surface area contributed by atoms with Crippen molar-refractivity contribution >= 4 is 16.9 Å². The molecule has 1 aliphatic rings. The largest absolute Gasteiger partial charge is 0.337 e. The zero-order valence-electron chi connectivity index (χ0n) is 14.5. The van der Waals surface area contributed by atoms with Gasteiger partial charge in [0.25, 0.3) is 5.91 Å². The number of likely N-dealkylation sites (tertiary alicyclic amines) is 1. The second-order valence-electron chi connectivity index (χ2n) is 6.92. The van der Waals surface area contributed by atoms with E-state index in [-0.39, 0.29) is 11.9 Å². The van der Waals surface area contributed by atoms with Crippen LogP contribution in [0.1, 0.15) is 54.8 Å². The Bertz CT molecular complexity index is 896. The van der Waals surface area contributed by atoms with Gasteiger partial charge in [0.1, 0.15) is 16.9 Å². The number of hydrogen-bond acceptors (Lipinski definition) is 4. The van der Waals surface area contributed by atoms with Crippen molar-refractivity contribution in [3.05, 3.63) is 42.0 Å². The molecule has 1 atom stereocenters. The van der Waals surface area contributed by atoms with Gasteiger partial charge in [-0.05, 0) is 31.0 Å². The van der Waals surface area contributed by atoms with Crippen molar-refractivity contribution in [1.82, 2.24) is 29.9 Å². The lowest BCUT2D eigenvalue weighted by Gasteiger charge is -2.34. The van der Waals surface area contributed by atoms with E-state index in [1.54, 1.807) is 0 Å². The number of aromatic amines is 1. The molecule has 1 saturated heterocycles. The number of carbonyl (C=O) groups excluding carboxylic acids is 1. The van der Waals surface area contributed by atoms with E-state index in [1.807, 2.05) is 35.5 Å². The highest BCUT2D eigenvalue weighted by molar-refractivity contribution is 5.97. The van der Waals surface area contributed by atoms with Crippen LogP contribution in [-0.4, -0.2) is 48.9 Å². The second-order valence-corrected chi connectivity index (χ2v) is 6.92. The molecule has 0 aliphatic carbocycles. The smallest absolute Gasteiger partial charge is 0.254 e. The minimum absolute atomic E-state index is 0.0563. The fourth-order valence-corrected chi connectivity index (χ4v) is 3.60. The molecule has 2 aromatic heterocycles. The van der Waals surface area contributed by atoms with Crippen LogP contribution in [0.5, 0.6) is 0 Å². The quantitative estimate of drug-likeness (QED) is 0.796. The van der Waals surface area contributed by atoms with E-state index in [0.29, 0.717) is 18.0 Å². The van der Waals surface area contributed by atoms with Crippen LogP contribution in [0.15, 0.2) is 30.6 Å². The standard InChI is InChI=1S/C18H22N6O/c1-12(2)17-19-7-9-24(17)14-4-3-8-23(11-14)18(25)13-5-6-15-16(10-13)21-22-20-15/h5-7,9-10,12,14H,3-4,8,11H2,1-2H3,(H,20,21,22)/t14-/m1/s1. The van der Waals surface area contributed by atoms with E-state index in [9.17, 15) is 4.79 Å².